The summed E-state index contributed by atoms with van der Waals surface area (Å²) in [4.78, 5) is 17.2. The summed E-state index contributed by atoms with van der Waals surface area (Å²) < 4.78 is 1.98. The summed E-state index contributed by atoms with van der Waals surface area (Å²) in [5.41, 5.74) is 2.85. The third kappa shape index (κ3) is 2.94. The van der Waals surface area contributed by atoms with Crippen LogP contribution >= 0.6 is 22.9 Å². The molecule has 1 N–H and O–H groups in total. The van der Waals surface area contributed by atoms with Gasteiger partial charge in [0, 0.05) is 34.4 Å². The highest BCUT2D eigenvalue weighted by molar-refractivity contribution is 7.15. The Hall–Kier alpha value is -1.85. The van der Waals surface area contributed by atoms with E-state index in [1.165, 1.54) is 11.3 Å². The largest absolute Gasteiger partial charge is 0.356 e. The van der Waals surface area contributed by atoms with Crippen LogP contribution in [0.1, 0.15) is 12.6 Å². The van der Waals surface area contributed by atoms with Crippen LogP contribution in [0, 0.1) is 0 Å². The minimum Gasteiger partial charge on any atom is -0.356 e. The van der Waals surface area contributed by atoms with Crippen LogP contribution in [0.3, 0.4) is 0 Å². The molecule has 3 aromatic rings. The van der Waals surface area contributed by atoms with Gasteiger partial charge in [0.1, 0.15) is 0 Å². The van der Waals surface area contributed by atoms with E-state index in [1.807, 2.05) is 47.2 Å². The summed E-state index contributed by atoms with van der Waals surface area (Å²) in [7, 11) is 0. The van der Waals surface area contributed by atoms with Crippen LogP contribution in [-0.4, -0.2) is 21.8 Å². The van der Waals surface area contributed by atoms with Gasteiger partial charge in [-0.05, 0) is 19.1 Å². The van der Waals surface area contributed by atoms with Gasteiger partial charge in [-0.1, -0.05) is 23.7 Å². The number of hydrogen-bond acceptors (Lipinski definition) is 3. The Morgan fingerprint density at radius 1 is 1.38 bits per heavy atom. The summed E-state index contributed by atoms with van der Waals surface area (Å²) in [5.74, 6) is 0.0268. The lowest BCUT2D eigenvalue weighted by molar-refractivity contribution is -0.120. The molecule has 2 heterocycles. The maximum absolute atomic E-state index is 11.7. The Morgan fingerprint density at radius 2 is 2.14 bits per heavy atom. The van der Waals surface area contributed by atoms with Crippen LogP contribution in [-0.2, 0) is 11.2 Å². The predicted octanol–water partition coefficient (Wildman–Crippen LogP) is 3.39. The average Bonchev–Trinajstić information content (AvgIpc) is 3.02. The Balaban J connectivity index is 1.92. The number of thiazole rings is 1. The van der Waals surface area contributed by atoms with E-state index in [0.29, 0.717) is 18.0 Å². The minimum atomic E-state index is 0.0268. The highest BCUT2D eigenvalue weighted by Crippen LogP contribution is 2.25. The number of aromatic nitrogens is 2. The standard InChI is InChI=1S/C15H14ClN3OS/c1-2-17-14(20)7-12-9-21-15-18-13(8-19(12)15)10-3-5-11(16)6-4-10/h3-6,8-9H,2,7H2,1H3,(H,17,20). The van der Waals surface area contributed by atoms with Crippen molar-refractivity contribution in [1.29, 1.82) is 0 Å². The van der Waals surface area contributed by atoms with Crippen molar-refractivity contribution in [3.8, 4) is 11.3 Å². The number of rotatable bonds is 4. The molecule has 0 aliphatic heterocycles. The van der Waals surface area contributed by atoms with E-state index >= 15 is 0 Å². The van der Waals surface area contributed by atoms with Crippen molar-refractivity contribution in [3.05, 3.63) is 46.6 Å². The number of nitrogens with one attached hydrogen (secondary N) is 1. The molecule has 0 saturated carbocycles. The third-order valence-electron chi connectivity index (χ3n) is 3.14. The molecule has 0 saturated heterocycles. The maximum Gasteiger partial charge on any atom is 0.225 e. The van der Waals surface area contributed by atoms with Crippen molar-refractivity contribution in [1.82, 2.24) is 14.7 Å². The molecule has 3 rings (SSSR count). The minimum absolute atomic E-state index is 0.0268. The van der Waals surface area contributed by atoms with Crippen molar-refractivity contribution < 1.29 is 4.79 Å². The molecular formula is C15H14ClN3OS. The maximum atomic E-state index is 11.7. The second-order valence-corrected chi connectivity index (χ2v) is 5.92. The van der Waals surface area contributed by atoms with Gasteiger partial charge in [-0.15, -0.1) is 11.3 Å². The summed E-state index contributed by atoms with van der Waals surface area (Å²) in [6.45, 7) is 2.56. The van der Waals surface area contributed by atoms with Crippen molar-refractivity contribution in [3.63, 3.8) is 0 Å². The molecule has 4 nitrogen and oxygen atoms in total. The molecule has 0 atom stereocenters. The van der Waals surface area contributed by atoms with Gasteiger partial charge in [0.15, 0.2) is 4.96 Å². The van der Waals surface area contributed by atoms with Gasteiger partial charge < -0.3 is 5.32 Å². The van der Waals surface area contributed by atoms with Crippen LogP contribution in [0.2, 0.25) is 5.02 Å². The Morgan fingerprint density at radius 3 is 2.86 bits per heavy atom. The highest BCUT2D eigenvalue weighted by Gasteiger charge is 2.12. The molecule has 0 spiro atoms. The molecule has 1 aromatic carbocycles. The lowest BCUT2D eigenvalue weighted by atomic mass is 10.2. The number of hydrogen-bond donors (Lipinski definition) is 1. The molecule has 2 aromatic heterocycles. The lowest BCUT2D eigenvalue weighted by Gasteiger charge is -2.00. The van der Waals surface area contributed by atoms with Gasteiger partial charge in [0.05, 0.1) is 12.1 Å². The molecule has 1 amide bonds. The quantitative estimate of drug-likeness (QED) is 0.801. The number of likely N-dealkylation sites (N-methyl/N-ethyl adjacent to an activating group) is 1. The van der Waals surface area contributed by atoms with E-state index in [2.05, 4.69) is 10.3 Å². The van der Waals surface area contributed by atoms with Crippen molar-refractivity contribution >= 4 is 33.8 Å². The first kappa shape index (κ1) is 14.1. The predicted molar refractivity (Wildman–Crippen MR) is 85.9 cm³/mol. The summed E-state index contributed by atoms with van der Waals surface area (Å²) in [6.07, 6.45) is 2.33. The molecule has 0 fully saturated rings. The zero-order chi connectivity index (χ0) is 14.8. The summed E-state index contributed by atoms with van der Waals surface area (Å²) in [6, 6.07) is 7.58. The van der Waals surface area contributed by atoms with Gasteiger partial charge in [0.2, 0.25) is 5.91 Å². The van der Waals surface area contributed by atoms with Crippen LogP contribution in [0.15, 0.2) is 35.8 Å². The first-order valence-corrected chi connectivity index (χ1v) is 7.91. The number of amides is 1. The van der Waals surface area contributed by atoms with E-state index < -0.39 is 0 Å². The van der Waals surface area contributed by atoms with Gasteiger partial charge in [-0.3, -0.25) is 9.20 Å². The Labute approximate surface area is 131 Å². The van der Waals surface area contributed by atoms with Crippen molar-refractivity contribution in [2.45, 2.75) is 13.3 Å². The highest BCUT2D eigenvalue weighted by atomic mass is 35.5. The topological polar surface area (TPSA) is 46.4 Å². The van der Waals surface area contributed by atoms with Gasteiger partial charge in [0.25, 0.3) is 0 Å². The lowest BCUT2D eigenvalue weighted by Crippen LogP contribution is -2.24. The second kappa shape index (κ2) is 5.87. The number of fused-ring (bicyclic) bond motifs is 1. The normalized spacial score (nSPS) is 11.0. The Kier molecular flexibility index (Phi) is 3.94. The van der Waals surface area contributed by atoms with E-state index in [1.54, 1.807) is 0 Å². The van der Waals surface area contributed by atoms with Crippen LogP contribution in [0.5, 0.6) is 0 Å². The second-order valence-electron chi connectivity index (χ2n) is 4.64. The molecular weight excluding hydrogens is 306 g/mol. The van der Waals surface area contributed by atoms with E-state index in [9.17, 15) is 4.79 Å². The van der Waals surface area contributed by atoms with Crippen molar-refractivity contribution in [2.24, 2.45) is 0 Å². The number of halogens is 1. The van der Waals surface area contributed by atoms with Crippen LogP contribution in [0.25, 0.3) is 16.2 Å². The molecule has 0 bridgehead atoms. The molecule has 0 radical (unpaired) electrons. The van der Waals surface area contributed by atoms with Gasteiger partial charge in [-0.25, -0.2) is 4.98 Å². The molecule has 6 heteroatoms. The fourth-order valence-corrected chi connectivity index (χ4v) is 3.14. The zero-order valence-corrected chi connectivity index (χ0v) is 13.0. The van der Waals surface area contributed by atoms with Gasteiger partial charge >= 0.3 is 0 Å². The first-order chi connectivity index (χ1) is 10.2. The third-order valence-corrected chi connectivity index (χ3v) is 4.28. The summed E-state index contributed by atoms with van der Waals surface area (Å²) >= 11 is 7.44. The fourth-order valence-electron chi connectivity index (χ4n) is 2.14. The van der Waals surface area contributed by atoms with E-state index in [4.69, 9.17) is 11.6 Å². The molecule has 21 heavy (non-hydrogen) atoms. The fraction of sp³-hybridized carbons (Fsp3) is 0.200. The average molecular weight is 320 g/mol. The van der Waals surface area contributed by atoms with Crippen molar-refractivity contribution in [2.75, 3.05) is 6.54 Å². The van der Waals surface area contributed by atoms with Crippen LogP contribution in [0.4, 0.5) is 0 Å². The first-order valence-electron chi connectivity index (χ1n) is 6.65. The SMILES string of the molecule is CCNC(=O)Cc1csc2nc(-c3ccc(Cl)cc3)cn12. The number of carbonyl (C=O) groups is 1. The Bertz CT molecular complexity index is 776. The summed E-state index contributed by atoms with van der Waals surface area (Å²) in [5, 5.41) is 5.49. The van der Waals surface area contributed by atoms with E-state index in [-0.39, 0.29) is 5.91 Å². The monoisotopic (exact) mass is 319 g/mol. The number of imidazole rings is 1. The number of benzene rings is 1. The molecule has 0 unspecified atom stereocenters. The molecule has 0 aliphatic rings. The smallest absolute Gasteiger partial charge is 0.225 e. The van der Waals surface area contributed by atoms with E-state index in [0.717, 1.165) is 21.9 Å². The zero-order valence-electron chi connectivity index (χ0n) is 11.5. The molecule has 108 valence electrons. The van der Waals surface area contributed by atoms with Crippen LogP contribution < -0.4 is 5.32 Å². The number of nitrogens with zero attached hydrogens (tertiary/aromatic N) is 2. The number of carbonyl (C=O) groups excluding carboxylic acids is 1. The molecule has 0 aliphatic carbocycles. The van der Waals surface area contributed by atoms with Gasteiger partial charge in [-0.2, -0.15) is 0 Å².